The molecule has 1 aromatic heterocycles. The van der Waals surface area contributed by atoms with E-state index in [2.05, 4.69) is 20.2 Å². The van der Waals surface area contributed by atoms with E-state index in [1.807, 2.05) is 7.05 Å². The minimum absolute atomic E-state index is 0.278. The molecule has 104 valence electrons. The van der Waals surface area contributed by atoms with Crippen molar-refractivity contribution in [2.75, 3.05) is 36.5 Å². The van der Waals surface area contributed by atoms with Crippen molar-refractivity contribution in [3.63, 3.8) is 0 Å². The molecule has 0 unspecified atom stereocenters. The Morgan fingerprint density at radius 3 is 2.68 bits per heavy atom. The summed E-state index contributed by atoms with van der Waals surface area (Å²) in [5.41, 5.74) is 12.9. The fraction of sp³-hybridized carbons (Fsp3) is 0.692. The smallest absolute Gasteiger partial charge is 0.223 e. The lowest BCUT2D eigenvalue weighted by atomic mass is 10.1. The minimum Gasteiger partial charge on any atom is -0.383 e. The summed E-state index contributed by atoms with van der Waals surface area (Å²) in [6, 6.07) is 0.520. The van der Waals surface area contributed by atoms with Gasteiger partial charge in [0.05, 0.1) is 0 Å². The van der Waals surface area contributed by atoms with Crippen molar-refractivity contribution in [1.82, 2.24) is 15.3 Å². The molecule has 0 aromatic carbocycles. The zero-order chi connectivity index (χ0) is 13.4. The van der Waals surface area contributed by atoms with Gasteiger partial charge in [-0.25, -0.2) is 0 Å². The topological polar surface area (TPSA) is 93.1 Å². The fourth-order valence-corrected chi connectivity index (χ4v) is 2.76. The maximum atomic E-state index is 6.06. The zero-order valence-corrected chi connectivity index (χ0v) is 11.4. The molecule has 6 nitrogen and oxygen atoms in total. The predicted octanol–water partition coefficient (Wildman–Crippen LogP) is 0.392. The highest BCUT2D eigenvalue weighted by molar-refractivity contribution is 5.60. The molecule has 1 atom stereocenters. The van der Waals surface area contributed by atoms with Crippen molar-refractivity contribution < 1.29 is 0 Å². The second-order valence-corrected chi connectivity index (χ2v) is 5.64. The molecule has 2 aliphatic rings. The van der Waals surface area contributed by atoms with Crippen LogP contribution in [-0.2, 0) is 6.42 Å². The van der Waals surface area contributed by atoms with E-state index in [0.717, 1.165) is 43.2 Å². The Bertz CT molecular complexity index is 470. The number of nitrogens with two attached hydrogens (primary N) is 2. The van der Waals surface area contributed by atoms with Crippen molar-refractivity contribution in [1.29, 1.82) is 0 Å². The number of rotatable bonds is 4. The minimum atomic E-state index is 0.278. The Labute approximate surface area is 113 Å². The highest BCUT2D eigenvalue weighted by atomic mass is 15.3. The molecule has 1 saturated carbocycles. The average molecular weight is 262 g/mol. The first-order chi connectivity index (χ1) is 9.17. The van der Waals surface area contributed by atoms with Gasteiger partial charge in [-0.05, 0) is 38.6 Å². The molecule has 0 radical (unpaired) electrons. The summed E-state index contributed by atoms with van der Waals surface area (Å²) in [5, 5.41) is 3.32. The largest absolute Gasteiger partial charge is 0.383 e. The summed E-state index contributed by atoms with van der Waals surface area (Å²) in [4.78, 5) is 10.9. The summed E-state index contributed by atoms with van der Waals surface area (Å²) >= 11 is 0. The van der Waals surface area contributed by atoms with E-state index in [1.165, 1.54) is 12.8 Å². The fourth-order valence-electron chi connectivity index (χ4n) is 2.76. The molecule has 19 heavy (non-hydrogen) atoms. The van der Waals surface area contributed by atoms with Crippen molar-refractivity contribution >= 4 is 17.6 Å². The van der Waals surface area contributed by atoms with Gasteiger partial charge >= 0.3 is 0 Å². The third-order valence-electron chi connectivity index (χ3n) is 4.12. The van der Waals surface area contributed by atoms with Gasteiger partial charge in [-0.2, -0.15) is 9.97 Å². The van der Waals surface area contributed by atoms with E-state index < -0.39 is 0 Å². The van der Waals surface area contributed by atoms with Gasteiger partial charge in [0, 0.05) is 24.7 Å². The van der Waals surface area contributed by atoms with E-state index in [-0.39, 0.29) is 5.95 Å². The molecule has 0 amide bonds. The van der Waals surface area contributed by atoms with Gasteiger partial charge in [-0.15, -0.1) is 0 Å². The molecule has 0 spiro atoms. The second-order valence-electron chi connectivity index (χ2n) is 5.64. The Morgan fingerprint density at radius 2 is 2.05 bits per heavy atom. The summed E-state index contributed by atoms with van der Waals surface area (Å²) in [6.45, 7) is 1.96. The average Bonchev–Trinajstić information content (AvgIpc) is 3.06. The van der Waals surface area contributed by atoms with Crippen LogP contribution >= 0.6 is 0 Å². The molecule has 6 heteroatoms. The quantitative estimate of drug-likeness (QED) is 0.727. The van der Waals surface area contributed by atoms with E-state index in [1.54, 1.807) is 0 Å². The molecular weight excluding hydrogens is 240 g/mol. The Morgan fingerprint density at radius 1 is 1.26 bits per heavy atom. The molecule has 2 fully saturated rings. The number of aromatic nitrogens is 2. The first kappa shape index (κ1) is 12.5. The number of likely N-dealkylation sites (N-methyl/N-ethyl adjacent to an activating group) is 1. The standard InChI is InChI=1S/C13H22N6/c1-16-9-4-5-19(7-9)12-10(6-8-2-3-8)11(14)17-13(15)18-12/h8-9,16H,2-7H2,1H3,(H4,14,15,17,18)/t9-/m1/s1. The summed E-state index contributed by atoms with van der Waals surface area (Å²) < 4.78 is 0. The van der Waals surface area contributed by atoms with E-state index in [4.69, 9.17) is 11.5 Å². The predicted molar refractivity (Wildman–Crippen MR) is 77.0 cm³/mol. The van der Waals surface area contributed by atoms with Crippen LogP contribution in [-0.4, -0.2) is 36.1 Å². The van der Waals surface area contributed by atoms with Gasteiger partial charge < -0.3 is 21.7 Å². The molecule has 1 aliphatic heterocycles. The van der Waals surface area contributed by atoms with Gasteiger partial charge in [0.1, 0.15) is 11.6 Å². The number of anilines is 3. The van der Waals surface area contributed by atoms with Crippen LogP contribution in [0.4, 0.5) is 17.6 Å². The maximum Gasteiger partial charge on any atom is 0.223 e. The Hall–Kier alpha value is -1.56. The number of nitrogens with zero attached hydrogens (tertiary/aromatic N) is 3. The lowest BCUT2D eigenvalue weighted by Gasteiger charge is -2.22. The molecule has 3 rings (SSSR count). The molecule has 0 bridgehead atoms. The lowest BCUT2D eigenvalue weighted by molar-refractivity contribution is 0.616. The second kappa shape index (κ2) is 4.85. The first-order valence-electron chi connectivity index (χ1n) is 7.01. The maximum absolute atomic E-state index is 6.06. The lowest BCUT2D eigenvalue weighted by Crippen LogP contribution is -2.30. The van der Waals surface area contributed by atoms with Crippen molar-refractivity contribution in [2.24, 2.45) is 5.92 Å². The van der Waals surface area contributed by atoms with Crippen LogP contribution in [0.1, 0.15) is 24.8 Å². The monoisotopic (exact) mass is 262 g/mol. The summed E-state index contributed by atoms with van der Waals surface area (Å²) in [7, 11) is 2.00. The first-order valence-corrected chi connectivity index (χ1v) is 7.01. The van der Waals surface area contributed by atoms with Gasteiger partial charge in [0.2, 0.25) is 5.95 Å². The van der Waals surface area contributed by atoms with Crippen molar-refractivity contribution in [3.8, 4) is 0 Å². The molecule has 1 saturated heterocycles. The number of nitrogens with one attached hydrogen (secondary N) is 1. The number of hydrogen-bond acceptors (Lipinski definition) is 6. The zero-order valence-electron chi connectivity index (χ0n) is 11.4. The third-order valence-corrected chi connectivity index (χ3v) is 4.12. The number of hydrogen-bond donors (Lipinski definition) is 3. The molecule has 5 N–H and O–H groups in total. The number of nitrogen functional groups attached to an aromatic ring is 2. The van der Waals surface area contributed by atoms with Crippen LogP contribution in [0.2, 0.25) is 0 Å². The van der Waals surface area contributed by atoms with Crippen LogP contribution in [0, 0.1) is 5.92 Å². The van der Waals surface area contributed by atoms with Crippen LogP contribution in [0.15, 0.2) is 0 Å². The third kappa shape index (κ3) is 2.58. The van der Waals surface area contributed by atoms with Gasteiger partial charge in [0.25, 0.3) is 0 Å². The normalized spacial score (nSPS) is 23.0. The van der Waals surface area contributed by atoms with Crippen LogP contribution in [0.3, 0.4) is 0 Å². The van der Waals surface area contributed by atoms with Crippen LogP contribution in [0.5, 0.6) is 0 Å². The SMILES string of the molecule is CN[C@@H]1CCN(c2nc(N)nc(N)c2CC2CC2)C1. The highest BCUT2D eigenvalue weighted by Crippen LogP contribution is 2.37. The summed E-state index contributed by atoms with van der Waals surface area (Å²) in [5.74, 6) is 2.55. The molecule has 1 aromatic rings. The van der Waals surface area contributed by atoms with Gasteiger partial charge in [-0.1, -0.05) is 0 Å². The molecule has 1 aliphatic carbocycles. The van der Waals surface area contributed by atoms with E-state index >= 15 is 0 Å². The molecule has 2 heterocycles. The summed E-state index contributed by atoms with van der Waals surface area (Å²) in [6.07, 6.45) is 4.70. The van der Waals surface area contributed by atoms with Crippen molar-refractivity contribution in [2.45, 2.75) is 31.7 Å². The van der Waals surface area contributed by atoms with E-state index in [0.29, 0.717) is 11.9 Å². The highest BCUT2D eigenvalue weighted by Gasteiger charge is 2.29. The van der Waals surface area contributed by atoms with Crippen molar-refractivity contribution in [3.05, 3.63) is 5.56 Å². The van der Waals surface area contributed by atoms with Gasteiger partial charge in [-0.3, -0.25) is 0 Å². The van der Waals surface area contributed by atoms with Gasteiger partial charge in [0.15, 0.2) is 0 Å². The van der Waals surface area contributed by atoms with Crippen LogP contribution in [0.25, 0.3) is 0 Å². The van der Waals surface area contributed by atoms with Crippen LogP contribution < -0.4 is 21.7 Å². The Kier molecular flexibility index (Phi) is 3.18. The Balaban J connectivity index is 1.89. The molecular formula is C13H22N6. The van der Waals surface area contributed by atoms with E-state index in [9.17, 15) is 0 Å².